The standard InChI is InChI=1S/C14H17F3N2O2/c1-13(2,3)21-12(20)19-9-5-7-10-6-4-8-18-11(10)14(15,16)17/h4-8H,9H2,1-3H3,(H,19,20). The van der Waals surface area contributed by atoms with Gasteiger partial charge in [0, 0.05) is 18.3 Å². The number of hydrogen-bond acceptors (Lipinski definition) is 3. The van der Waals surface area contributed by atoms with Crippen molar-refractivity contribution in [2.24, 2.45) is 0 Å². The van der Waals surface area contributed by atoms with Crippen LogP contribution >= 0.6 is 0 Å². The second-order valence-electron chi connectivity index (χ2n) is 5.22. The molecular formula is C14H17F3N2O2. The van der Waals surface area contributed by atoms with E-state index in [2.05, 4.69) is 10.3 Å². The van der Waals surface area contributed by atoms with E-state index in [1.54, 1.807) is 20.8 Å². The molecular weight excluding hydrogens is 285 g/mol. The second kappa shape index (κ2) is 6.60. The number of carbonyl (C=O) groups excluding carboxylic acids is 1. The molecule has 4 nitrogen and oxygen atoms in total. The van der Waals surface area contributed by atoms with Gasteiger partial charge in [-0.1, -0.05) is 18.2 Å². The lowest BCUT2D eigenvalue weighted by molar-refractivity contribution is -0.141. The average Bonchev–Trinajstić information content (AvgIpc) is 2.32. The lowest BCUT2D eigenvalue weighted by Crippen LogP contribution is -2.32. The van der Waals surface area contributed by atoms with Crippen molar-refractivity contribution in [1.82, 2.24) is 10.3 Å². The summed E-state index contributed by atoms with van der Waals surface area (Å²) in [5.74, 6) is 0. The fourth-order valence-corrected chi connectivity index (χ4v) is 1.43. The number of rotatable bonds is 3. The maximum atomic E-state index is 12.7. The maximum Gasteiger partial charge on any atom is 0.433 e. The molecule has 1 aromatic heterocycles. The van der Waals surface area contributed by atoms with E-state index in [9.17, 15) is 18.0 Å². The van der Waals surface area contributed by atoms with Crippen molar-refractivity contribution in [2.75, 3.05) is 6.54 Å². The van der Waals surface area contributed by atoms with Gasteiger partial charge in [0.15, 0.2) is 5.69 Å². The Balaban J connectivity index is 2.61. The number of amides is 1. The molecule has 1 amide bonds. The summed E-state index contributed by atoms with van der Waals surface area (Å²) in [5, 5.41) is 2.42. The van der Waals surface area contributed by atoms with Crippen molar-refractivity contribution in [3.63, 3.8) is 0 Å². The van der Waals surface area contributed by atoms with E-state index in [-0.39, 0.29) is 12.1 Å². The minimum absolute atomic E-state index is 0.0567. The predicted octanol–water partition coefficient (Wildman–Crippen LogP) is 3.64. The first kappa shape index (κ1) is 17.0. The summed E-state index contributed by atoms with van der Waals surface area (Å²) in [6.07, 6.45) is -1.41. The second-order valence-corrected chi connectivity index (χ2v) is 5.22. The van der Waals surface area contributed by atoms with Gasteiger partial charge in [-0.05, 0) is 26.8 Å². The number of nitrogens with one attached hydrogen (secondary N) is 1. The van der Waals surface area contributed by atoms with Crippen LogP contribution in [0.25, 0.3) is 6.08 Å². The van der Waals surface area contributed by atoms with Crippen LogP contribution in [-0.2, 0) is 10.9 Å². The summed E-state index contributed by atoms with van der Waals surface area (Å²) in [5.41, 5.74) is -1.64. The molecule has 21 heavy (non-hydrogen) atoms. The van der Waals surface area contributed by atoms with Crippen LogP contribution in [0.3, 0.4) is 0 Å². The van der Waals surface area contributed by atoms with E-state index in [1.807, 2.05) is 0 Å². The summed E-state index contributed by atoms with van der Waals surface area (Å²) in [4.78, 5) is 14.7. The van der Waals surface area contributed by atoms with Crippen LogP contribution in [0.2, 0.25) is 0 Å². The SMILES string of the molecule is CC(C)(C)OC(=O)NCC=Cc1cccnc1C(F)(F)F. The zero-order chi connectivity index (χ0) is 16.1. The number of alkyl carbamates (subject to hydrolysis) is 1. The van der Waals surface area contributed by atoms with Crippen LogP contribution in [0.4, 0.5) is 18.0 Å². The fraction of sp³-hybridized carbons (Fsp3) is 0.429. The van der Waals surface area contributed by atoms with Gasteiger partial charge < -0.3 is 10.1 Å². The summed E-state index contributed by atoms with van der Waals surface area (Å²) >= 11 is 0. The van der Waals surface area contributed by atoms with Crippen molar-refractivity contribution in [1.29, 1.82) is 0 Å². The topological polar surface area (TPSA) is 51.2 Å². The van der Waals surface area contributed by atoms with Crippen molar-refractivity contribution < 1.29 is 22.7 Å². The highest BCUT2D eigenvalue weighted by Crippen LogP contribution is 2.30. The molecule has 0 unspecified atom stereocenters. The average molecular weight is 302 g/mol. The highest BCUT2D eigenvalue weighted by atomic mass is 19.4. The molecule has 0 bridgehead atoms. The highest BCUT2D eigenvalue weighted by molar-refractivity contribution is 5.68. The van der Waals surface area contributed by atoms with Gasteiger partial charge >= 0.3 is 12.3 Å². The Morgan fingerprint density at radius 1 is 1.38 bits per heavy atom. The van der Waals surface area contributed by atoms with Crippen LogP contribution < -0.4 is 5.32 Å². The molecule has 0 saturated heterocycles. The fourth-order valence-electron chi connectivity index (χ4n) is 1.43. The maximum absolute atomic E-state index is 12.7. The highest BCUT2D eigenvalue weighted by Gasteiger charge is 2.34. The predicted molar refractivity (Wildman–Crippen MR) is 72.5 cm³/mol. The minimum Gasteiger partial charge on any atom is -0.444 e. The van der Waals surface area contributed by atoms with Crippen molar-refractivity contribution in [3.8, 4) is 0 Å². The van der Waals surface area contributed by atoms with Crippen molar-refractivity contribution in [3.05, 3.63) is 35.7 Å². The summed E-state index contributed by atoms with van der Waals surface area (Å²) in [7, 11) is 0. The van der Waals surface area contributed by atoms with E-state index in [1.165, 1.54) is 24.3 Å². The Kier molecular flexibility index (Phi) is 5.34. The van der Waals surface area contributed by atoms with Gasteiger partial charge in [-0.3, -0.25) is 4.98 Å². The zero-order valence-corrected chi connectivity index (χ0v) is 12.0. The number of hydrogen-bond donors (Lipinski definition) is 1. The molecule has 0 spiro atoms. The van der Waals surface area contributed by atoms with Crippen LogP contribution in [0, 0.1) is 0 Å². The zero-order valence-electron chi connectivity index (χ0n) is 12.0. The van der Waals surface area contributed by atoms with E-state index in [0.717, 1.165) is 6.20 Å². The lowest BCUT2D eigenvalue weighted by Gasteiger charge is -2.19. The number of aromatic nitrogens is 1. The van der Waals surface area contributed by atoms with Gasteiger partial charge in [0.25, 0.3) is 0 Å². The third-order valence-corrected chi connectivity index (χ3v) is 2.17. The quantitative estimate of drug-likeness (QED) is 0.927. The van der Waals surface area contributed by atoms with E-state index >= 15 is 0 Å². The number of ether oxygens (including phenoxy) is 1. The number of alkyl halides is 3. The normalized spacial score (nSPS) is 12.5. The van der Waals surface area contributed by atoms with Gasteiger partial charge in [-0.15, -0.1) is 0 Å². The molecule has 1 rings (SSSR count). The first-order chi connectivity index (χ1) is 9.59. The van der Waals surface area contributed by atoms with Gasteiger partial charge in [0.1, 0.15) is 5.60 Å². The summed E-state index contributed by atoms with van der Waals surface area (Å²) < 4.78 is 43.0. The molecule has 0 aliphatic rings. The van der Waals surface area contributed by atoms with Crippen LogP contribution in [-0.4, -0.2) is 23.2 Å². The number of nitrogens with zero attached hydrogens (tertiary/aromatic N) is 1. The van der Waals surface area contributed by atoms with E-state index in [0.29, 0.717) is 0 Å². The Bertz CT molecular complexity index is 520. The Labute approximate surface area is 121 Å². The van der Waals surface area contributed by atoms with Crippen LogP contribution in [0.15, 0.2) is 24.4 Å². The van der Waals surface area contributed by atoms with Gasteiger partial charge in [-0.25, -0.2) is 4.79 Å². The third-order valence-electron chi connectivity index (χ3n) is 2.17. The molecule has 0 radical (unpaired) electrons. The first-order valence-corrected chi connectivity index (χ1v) is 6.25. The van der Waals surface area contributed by atoms with Gasteiger partial charge in [0.2, 0.25) is 0 Å². The molecule has 1 heterocycles. The lowest BCUT2D eigenvalue weighted by atomic mass is 10.1. The Hall–Kier alpha value is -2.05. The third kappa shape index (κ3) is 6.29. The number of carbonyl (C=O) groups is 1. The van der Waals surface area contributed by atoms with Gasteiger partial charge in [0.05, 0.1) is 0 Å². The molecule has 0 aliphatic heterocycles. The van der Waals surface area contributed by atoms with Gasteiger partial charge in [-0.2, -0.15) is 13.2 Å². The smallest absolute Gasteiger partial charge is 0.433 e. The monoisotopic (exact) mass is 302 g/mol. The molecule has 0 fully saturated rings. The van der Waals surface area contributed by atoms with Crippen LogP contribution in [0.1, 0.15) is 32.0 Å². The molecule has 116 valence electrons. The minimum atomic E-state index is -4.51. The van der Waals surface area contributed by atoms with Crippen LogP contribution in [0.5, 0.6) is 0 Å². The Morgan fingerprint density at radius 2 is 2.05 bits per heavy atom. The van der Waals surface area contributed by atoms with E-state index < -0.39 is 23.6 Å². The molecule has 0 aliphatic carbocycles. The van der Waals surface area contributed by atoms with E-state index in [4.69, 9.17) is 4.74 Å². The largest absolute Gasteiger partial charge is 0.444 e. The number of pyridine rings is 1. The molecule has 7 heteroatoms. The summed E-state index contributed by atoms with van der Waals surface area (Å²) in [6.45, 7) is 5.20. The molecule has 0 atom stereocenters. The summed E-state index contributed by atoms with van der Waals surface area (Å²) in [6, 6.07) is 2.72. The van der Waals surface area contributed by atoms with Crippen molar-refractivity contribution in [2.45, 2.75) is 32.5 Å². The Morgan fingerprint density at radius 3 is 2.62 bits per heavy atom. The molecule has 0 aromatic carbocycles. The number of halogens is 3. The molecule has 1 aromatic rings. The first-order valence-electron chi connectivity index (χ1n) is 6.25. The van der Waals surface area contributed by atoms with Crippen molar-refractivity contribution >= 4 is 12.2 Å². The molecule has 0 saturated carbocycles. The molecule has 1 N–H and O–H groups in total.